The molecule has 0 amide bonds. The van der Waals surface area contributed by atoms with Gasteiger partial charge in [0.05, 0.1) is 5.41 Å². The maximum Gasteiger partial charge on any atom is 0.164 e. The molecule has 4 heteroatoms. The monoisotopic (exact) mass is 733 g/mol. The van der Waals surface area contributed by atoms with Crippen LogP contribution in [0.15, 0.2) is 222 Å². The molecule has 0 aliphatic carbocycles. The predicted octanol–water partition coefficient (Wildman–Crippen LogP) is 13.1. The zero-order valence-corrected chi connectivity index (χ0v) is 31.3. The van der Waals surface area contributed by atoms with E-state index in [0.717, 1.165) is 33.4 Å². The number of rotatable bonds is 7. The second-order valence-corrected chi connectivity index (χ2v) is 15.0. The van der Waals surface area contributed by atoms with E-state index >= 15 is 0 Å². The zero-order valence-electron chi connectivity index (χ0n) is 30.5. The van der Waals surface area contributed by atoms with Crippen molar-refractivity contribution >= 4 is 11.8 Å². The van der Waals surface area contributed by atoms with Crippen molar-refractivity contribution < 1.29 is 0 Å². The highest BCUT2D eigenvalue weighted by atomic mass is 32.2. The minimum Gasteiger partial charge on any atom is -0.208 e. The molecule has 0 atom stereocenters. The van der Waals surface area contributed by atoms with E-state index in [1.165, 1.54) is 37.6 Å². The summed E-state index contributed by atoms with van der Waals surface area (Å²) in [6.45, 7) is 0. The van der Waals surface area contributed by atoms with Gasteiger partial charge in [-0.15, -0.1) is 0 Å². The van der Waals surface area contributed by atoms with Crippen molar-refractivity contribution in [1.82, 2.24) is 15.0 Å². The van der Waals surface area contributed by atoms with Crippen LogP contribution in [-0.4, -0.2) is 15.0 Å². The second kappa shape index (κ2) is 14.4. The van der Waals surface area contributed by atoms with Crippen LogP contribution in [0.3, 0.4) is 0 Å². The first-order valence-corrected chi connectivity index (χ1v) is 19.7. The minimum absolute atomic E-state index is 0.507. The van der Waals surface area contributed by atoms with E-state index in [0.29, 0.717) is 17.5 Å². The molecule has 1 aliphatic rings. The largest absolute Gasteiger partial charge is 0.208 e. The van der Waals surface area contributed by atoms with Crippen LogP contribution in [-0.2, 0) is 5.41 Å². The summed E-state index contributed by atoms with van der Waals surface area (Å²) in [7, 11) is 0. The number of benzene rings is 8. The first-order valence-electron chi connectivity index (χ1n) is 18.9. The predicted molar refractivity (Wildman–Crippen MR) is 229 cm³/mol. The Labute approximate surface area is 331 Å². The molecule has 264 valence electrons. The smallest absolute Gasteiger partial charge is 0.164 e. The topological polar surface area (TPSA) is 38.7 Å². The molecular formula is C52H35N3S. The van der Waals surface area contributed by atoms with E-state index in [2.05, 4.69) is 182 Å². The van der Waals surface area contributed by atoms with Crippen LogP contribution in [0.2, 0.25) is 0 Å². The number of fused-ring (bicyclic) bond motifs is 2. The van der Waals surface area contributed by atoms with E-state index in [4.69, 9.17) is 15.0 Å². The third kappa shape index (κ3) is 5.83. The van der Waals surface area contributed by atoms with Crippen LogP contribution in [0.1, 0.15) is 22.3 Å². The minimum atomic E-state index is -0.507. The quantitative estimate of drug-likeness (QED) is 0.163. The Morgan fingerprint density at radius 2 is 0.786 bits per heavy atom. The number of aromatic nitrogens is 3. The van der Waals surface area contributed by atoms with E-state index < -0.39 is 5.41 Å². The maximum atomic E-state index is 5.21. The molecule has 0 spiro atoms. The van der Waals surface area contributed by atoms with Crippen molar-refractivity contribution in [1.29, 1.82) is 0 Å². The Morgan fingerprint density at radius 1 is 0.321 bits per heavy atom. The molecule has 1 aromatic heterocycles. The van der Waals surface area contributed by atoms with Gasteiger partial charge in [-0.3, -0.25) is 0 Å². The molecule has 8 aromatic carbocycles. The molecule has 0 saturated carbocycles. The lowest BCUT2D eigenvalue weighted by molar-refractivity contribution is 0.703. The molecule has 0 radical (unpaired) electrons. The van der Waals surface area contributed by atoms with Crippen molar-refractivity contribution in [2.75, 3.05) is 0 Å². The van der Waals surface area contributed by atoms with E-state index in [9.17, 15) is 0 Å². The van der Waals surface area contributed by atoms with Crippen LogP contribution in [0.4, 0.5) is 0 Å². The normalized spacial score (nSPS) is 12.7. The van der Waals surface area contributed by atoms with Gasteiger partial charge in [0.15, 0.2) is 17.5 Å². The molecule has 10 rings (SSSR count). The number of hydrogen-bond acceptors (Lipinski definition) is 4. The van der Waals surface area contributed by atoms with Crippen molar-refractivity contribution in [3.63, 3.8) is 0 Å². The Morgan fingerprint density at radius 3 is 1.48 bits per heavy atom. The van der Waals surface area contributed by atoms with Crippen LogP contribution < -0.4 is 0 Å². The van der Waals surface area contributed by atoms with E-state index in [1.807, 2.05) is 42.1 Å². The molecule has 0 N–H and O–H groups in total. The van der Waals surface area contributed by atoms with Gasteiger partial charge in [0.2, 0.25) is 0 Å². The van der Waals surface area contributed by atoms with Gasteiger partial charge < -0.3 is 0 Å². The van der Waals surface area contributed by atoms with Gasteiger partial charge in [-0.05, 0) is 56.6 Å². The second-order valence-electron chi connectivity index (χ2n) is 13.9. The van der Waals surface area contributed by atoms with Gasteiger partial charge in [0.25, 0.3) is 0 Å². The lowest BCUT2D eigenvalue weighted by Gasteiger charge is -2.42. The average Bonchev–Trinajstić information content (AvgIpc) is 3.29. The lowest BCUT2D eigenvalue weighted by atomic mass is 9.64. The van der Waals surface area contributed by atoms with Crippen LogP contribution >= 0.6 is 11.8 Å². The molecule has 9 aromatic rings. The van der Waals surface area contributed by atoms with Gasteiger partial charge in [-0.1, -0.05) is 212 Å². The lowest BCUT2D eigenvalue weighted by Crippen LogP contribution is -2.34. The van der Waals surface area contributed by atoms with Crippen molar-refractivity contribution in [3.05, 3.63) is 235 Å². The SMILES string of the molecule is c1ccc(-c2nc(-c3cccc(-c4cccc5c4Sc4ccccc4C5(c4ccccc4)c4ccccc4)c3)nc(-c3ccccc3-c3ccccc3)n2)cc1. The molecule has 1 aliphatic heterocycles. The van der Waals surface area contributed by atoms with Gasteiger partial charge in [-0.25, -0.2) is 15.0 Å². The third-order valence-electron chi connectivity index (χ3n) is 10.7. The van der Waals surface area contributed by atoms with Gasteiger partial charge >= 0.3 is 0 Å². The first-order chi connectivity index (χ1) is 27.8. The van der Waals surface area contributed by atoms with Crippen LogP contribution in [0.5, 0.6) is 0 Å². The Balaban J connectivity index is 1.16. The summed E-state index contributed by atoms with van der Waals surface area (Å²) >= 11 is 1.85. The number of hydrogen-bond donors (Lipinski definition) is 0. The van der Waals surface area contributed by atoms with Crippen molar-refractivity contribution in [2.24, 2.45) is 0 Å². The molecule has 0 unspecified atom stereocenters. The fourth-order valence-corrected chi connectivity index (χ4v) is 9.49. The summed E-state index contributed by atoms with van der Waals surface area (Å²) in [5.41, 5.74) is 11.8. The summed E-state index contributed by atoms with van der Waals surface area (Å²) in [5, 5.41) is 0. The Bertz CT molecular complexity index is 2780. The molecule has 0 bridgehead atoms. The average molecular weight is 734 g/mol. The molecule has 3 nitrogen and oxygen atoms in total. The highest BCUT2D eigenvalue weighted by Crippen LogP contribution is 2.57. The van der Waals surface area contributed by atoms with Gasteiger partial charge in [0.1, 0.15) is 0 Å². The van der Waals surface area contributed by atoms with Gasteiger partial charge in [-0.2, -0.15) is 0 Å². The number of nitrogens with zero attached hydrogens (tertiary/aromatic N) is 3. The van der Waals surface area contributed by atoms with E-state index in [-0.39, 0.29) is 0 Å². The fraction of sp³-hybridized carbons (Fsp3) is 0.0192. The highest BCUT2D eigenvalue weighted by molar-refractivity contribution is 7.99. The summed E-state index contributed by atoms with van der Waals surface area (Å²) < 4.78 is 0. The molecule has 0 saturated heterocycles. The van der Waals surface area contributed by atoms with E-state index in [1.54, 1.807) is 0 Å². The van der Waals surface area contributed by atoms with Crippen molar-refractivity contribution in [2.45, 2.75) is 15.2 Å². The third-order valence-corrected chi connectivity index (χ3v) is 11.9. The summed E-state index contributed by atoms with van der Waals surface area (Å²) in [6, 6.07) is 75.2. The zero-order chi connectivity index (χ0) is 37.3. The Kier molecular flexibility index (Phi) is 8.66. The summed E-state index contributed by atoms with van der Waals surface area (Å²) in [4.78, 5) is 17.9. The van der Waals surface area contributed by atoms with Crippen molar-refractivity contribution in [3.8, 4) is 56.4 Å². The molecular weight excluding hydrogens is 699 g/mol. The summed E-state index contributed by atoms with van der Waals surface area (Å²) in [5.74, 6) is 1.90. The van der Waals surface area contributed by atoms with Gasteiger partial charge in [0, 0.05) is 26.5 Å². The standard InChI is InChI=1S/C52H35N3S/c1-5-19-36(20-6-1)42-29-13-14-30-44(42)51-54-49(37-21-7-2-8-22-37)53-50(55-51)39-24-17-23-38(35-39)43-31-18-33-46-48(43)56-47-34-16-15-32-45(47)52(46,40-25-9-3-10-26-40)41-27-11-4-12-28-41/h1-35H. The van der Waals surface area contributed by atoms with Crippen LogP contribution in [0, 0.1) is 0 Å². The summed E-state index contributed by atoms with van der Waals surface area (Å²) in [6.07, 6.45) is 0. The fourth-order valence-electron chi connectivity index (χ4n) is 8.17. The molecule has 2 heterocycles. The molecule has 0 fully saturated rings. The maximum absolute atomic E-state index is 5.21. The van der Waals surface area contributed by atoms with Crippen LogP contribution in [0.25, 0.3) is 56.4 Å². The highest BCUT2D eigenvalue weighted by Gasteiger charge is 2.44. The molecule has 56 heavy (non-hydrogen) atoms. The first kappa shape index (κ1) is 33.7. The Hall–Kier alpha value is -6.88.